The predicted molar refractivity (Wildman–Crippen MR) is 86.9 cm³/mol. The second-order valence-corrected chi connectivity index (χ2v) is 6.00. The van der Waals surface area contributed by atoms with Crippen LogP contribution in [0.5, 0.6) is 0 Å². The predicted octanol–water partition coefficient (Wildman–Crippen LogP) is 2.57. The van der Waals surface area contributed by atoms with Gasteiger partial charge < -0.3 is 19.8 Å². The van der Waals surface area contributed by atoms with Gasteiger partial charge in [-0.15, -0.1) is 0 Å². The Kier molecular flexibility index (Phi) is 4.46. The standard InChI is InChI=1S/C12H15IN4OS/c1-16(2)11(18)14-5-6-17-10-4-3-8(13)7-9(10)15-12(17)19/h3-4,7H,5-6H2,1-2H3,(H,14,18)(H,15,19). The summed E-state index contributed by atoms with van der Waals surface area (Å²) >= 11 is 7.58. The lowest BCUT2D eigenvalue weighted by Gasteiger charge is -2.12. The molecule has 0 unspecified atom stereocenters. The van der Waals surface area contributed by atoms with Crippen molar-refractivity contribution in [2.75, 3.05) is 20.6 Å². The fraction of sp³-hybridized carbons (Fsp3) is 0.333. The lowest BCUT2D eigenvalue weighted by molar-refractivity contribution is 0.217. The summed E-state index contributed by atoms with van der Waals surface area (Å²) in [5.41, 5.74) is 2.08. The number of benzene rings is 1. The smallest absolute Gasteiger partial charge is 0.316 e. The number of amides is 2. The molecule has 102 valence electrons. The van der Waals surface area contributed by atoms with E-state index in [0.29, 0.717) is 17.9 Å². The van der Waals surface area contributed by atoms with Crippen LogP contribution in [0.25, 0.3) is 11.0 Å². The largest absolute Gasteiger partial charge is 0.336 e. The molecular weight excluding hydrogens is 375 g/mol. The van der Waals surface area contributed by atoms with E-state index in [9.17, 15) is 4.79 Å². The molecule has 0 radical (unpaired) electrons. The van der Waals surface area contributed by atoms with Crippen LogP contribution in [0.2, 0.25) is 0 Å². The van der Waals surface area contributed by atoms with Gasteiger partial charge in [-0.05, 0) is 53.0 Å². The Hall–Kier alpha value is -1.09. The molecule has 19 heavy (non-hydrogen) atoms. The number of hydrogen-bond acceptors (Lipinski definition) is 2. The Morgan fingerprint density at radius 2 is 2.26 bits per heavy atom. The van der Waals surface area contributed by atoms with Crippen LogP contribution in [-0.2, 0) is 6.54 Å². The van der Waals surface area contributed by atoms with Gasteiger partial charge in [-0.3, -0.25) is 0 Å². The molecule has 1 aromatic heterocycles. The molecule has 0 aliphatic heterocycles. The molecule has 2 N–H and O–H groups in total. The number of hydrogen-bond donors (Lipinski definition) is 2. The molecular formula is C12H15IN4OS. The van der Waals surface area contributed by atoms with E-state index in [1.165, 1.54) is 4.90 Å². The third kappa shape index (κ3) is 3.27. The van der Waals surface area contributed by atoms with Crippen LogP contribution in [0.3, 0.4) is 0 Å². The summed E-state index contributed by atoms with van der Waals surface area (Å²) < 4.78 is 3.84. The maximum Gasteiger partial charge on any atom is 0.316 e. The number of H-pyrrole nitrogens is 1. The van der Waals surface area contributed by atoms with Crippen molar-refractivity contribution in [1.29, 1.82) is 0 Å². The van der Waals surface area contributed by atoms with Crippen LogP contribution >= 0.6 is 34.8 Å². The molecule has 0 aliphatic rings. The molecule has 1 aromatic carbocycles. The lowest BCUT2D eigenvalue weighted by atomic mass is 10.3. The lowest BCUT2D eigenvalue weighted by Crippen LogP contribution is -2.36. The summed E-state index contributed by atoms with van der Waals surface area (Å²) in [4.78, 5) is 16.1. The first kappa shape index (κ1) is 14.3. The molecule has 1 heterocycles. The Labute approximate surface area is 130 Å². The van der Waals surface area contributed by atoms with Crippen molar-refractivity contribution in [3.63, 3.8) is 0 Å². The van der Waals surface area contributed by atoms with Crippen molar-refractivity contribution < 1.29 is 4.79 Å². The Morgan fingerprint density at radius 1 is 1.53 bits per heavy atom. The Morgan fingerprint density at radius 3 is 2.95 bits per heavy atom. The highest BCUT2D eigenvalue weighted by Gasteiger charge is 2.06. The topological polar surface area (TPSA) is 53.1 Å². The number of carbonyl (C=O) groups is 1. The Bertz CT molecular complexity index is 661. The number of rotatable bonds is 3. The molecule has 0 saturated heterocycles. The van der Waals surface area contributed by atoms with E-state index < -0.39 is 0 Å². The van der Waals surface area contributed by atoms with Gasteiger partial charge in [0.1, 0.15) is 0 Å². The first-order chi connectivity index (χ1) is 8.99. The highest BCUT2D eigenvalue weighted by Crippen LogP contribution is 2.17. The summed E-state index contributed by atoms with van der Waals surface area (Å²) in [5, 5.41) is 2.83. The highest BCUT2D eigenvalue weighted by atomic mass is 127. The van der Waals surface area contributed by atoms with Crippen molar-refractivity contribution in [2.45, 2.75) is 6.54 Å². The van der Waals surface area contributed by atoms with E-state index in [0.717, 1.165) is 14.6 Å². The van der Waals surface area contributed by atoms with Crippen LogP contribution in [0.15, 0.2) is 18.2 Å². The van der Waals surface area contributed by atoms with Crippen LogP contribution < -0.4 is 5.32 Å². The third-order valence-electron chi connectivity index (χ3n) is 2.75. The van der Waals surface area contributed by atoms with Crippen molar-refractivity contribution in [1.82, 2.24) is 19.8 Å². The van der Waals surface area contributed by atoms with Crippen LogP contribution in [0, 0.1) is 8.34 Å². The normalized spacial score (nSPS) is 10.7. The van der Waals surface area contributed by atoms with Crippen LogP contribution in [0.1, 0.15) is 0 Å². The van der Waals surface area contributed by atoms with Gasteiger partial charge in [0.2, 0.25) is 0 Å². The van der Waals surface area contributed by atoms with E-state index in [1.807, 2.05) is 16.7 Å². The maximum absolute atomic E-state index is 11.4. The third-order valence-corrected chi connectivity index (χ3v) is 3.75. The first-order valence-electron chi connectivity index (χ1n) is 5.82. The summed E-state index contributed by atoms with van der Waals surface area (Å²) in [7, 11) is 3.43. The SMILES string of the molecule is CN(C)C(=O)NCCn1c(=S)[nH]c2cc(I)ccc21. The molecule has 7 heteroatoms. The average Bonchev–Trinajstić information content (AvgIpc) is 2.64. The number of nitrogens with zero attached hydrogens (tertiary/aromatic N) is 2. The summed E-state index contributed by atoms with van der Waals surface area (Å²) in [6, 6.07) is 6.04. The minimum absolute atomic E-state index is 0.0964. The van der Waals surface area contributed by atoms with Gasteiger partial charge in [0, 0.05) is 30.8 Å². The van der Waals surface area contributed by atoms with Gasteiger partial charge in [-0.25, -0.2) is 4.79 Å². The number of urea groups is 1. The zero-order chi connectivity index (χ0) is 14.0. The summed E-state index contributed by atoms with van der Waals surface area (Å²) in [6.45, 7) is 1.20. The van der Waals surface area contributed by atoms with Gasteiger partial charge in [0.15, 0.2) is 4.77 Å². The van der Waals surface area contributed by atoms with Gasteiger partial charge in [-0.1, -0.05) is 0 Å². The van der Waals surface area contributed by atoms with Gasteiger partial charge in [0.25, 0.3) is 0 Å². The molecule has 2 aromatic rings. The van der Waals surface area contributed by atoms with E-state index >= 15 is 0 Å². The number of aromatic amines is 1. The number of carbonyl (C=O) groups excluding carboxylic acids is 1. The molecule has 0 fully saturated rings. The summed E-state index contributed by atoms with van der Waals surface area (Å²) in [5.74, 6) is 0. The zero-order valence-electron chi connectivity index (χ0n) is 10.7. The van der Waals surface area contributed by atoms with Crippen LogP contribution in [0.4, 0.5) is 4.79 Å². The quantitative estimate of drug-likeness (QED) is 0.626. The molecule has 2 rings (SSSR count). The van der Waals surface area contributed by atoms with Gasteiger partial charge in [-0.2, -0.15) is 0 Å². The average molecular weight is 390 g/mol. The fourth-order valence-electron chi connectivity index (χ4n) is 1.79. The molecule has 0 bridgehead atoms. The van der Waals surface area contributed by atoms with E-state index in [-0.39, 0.29) is 6.03 Å². The highest BCUT2D eigenvalue weighted by molar-refractivity contribution is 14.1. The number of fused-ring (bicyclic) bond motifs is 1. The second-order valence-electron chi connectivity index (χ2n) is 4.37. The van der Waals surface area contributed by atoms with E-state index in [2.05, 4.69) is 39.0 Å². The maximum atomic E-state index is 11.4. The van der Waals surface area contributed by atoms with Crippen molar-refractivity contribution in [3.8, 4) is 0 Å². The summed E-state index contributed by atoms with van der Waals surface area (Å²) in [6.07, 6.45) is 0. The molecule has 0 spiro atoms. The number of halogens is 1. The zero-order valence-corrected chi connectivity index (χ0v) is 13.7. The Balaban J connectivity index is 2.15. The van der Waals surface area contributed by atoms with E-state index in [1.54, 1.807) is 14.1 Å². The van der Waals surface area contributed by atoms with Crippen molar-refractivity contribution in [3.05, 3.63) is 26.5 Å². The molecule has 0 aliphatic carbocycles. The number of aromatic nitrogens is 2. The fourth-order valence-corrected chi connectivity index (χ4v) is 2.58. The number of nitrogens with one attached hydrogen (secondary N) is 2. The molecule has 0 atom stereocenters. The second kappa shape index (κ2) is 5.91. The van der Waals surface area contributed by atoms with E-state index in [4.69, 9.17) is 12.2 Å². The monoisotopic (exact) mass is 390 g/mol. The molecule has 2 amide bonds. The van der Waals surface area contributed by atoms with Gasteiger partial charge >= 0.3 is 6.03 Å². The first-order valence-corrected chi connectivity index (χ1v) is 7.31. The van der Waals surface area contributed by atoms with Crippen molar-refractivity contribution >= 4 is 51.9 Å². The number of imidazole rings is 1. The minimum atomic E-state index is -0.0964. The van der Waals surface area contributed by atoms with Crippen LogP contribution in [-0.4, -0.2) is 41.1 Å². The molecule has 5 nitrogen and oxygen atoms in total. The van der Waals surface area contributed by atoms with Crippen molar-refractivity contribution in [2.24, 2.45) is 0 Å². The molecule has 0 saturated carbocycles. The van der Waals surface area contributed by atoms with Gasteiger partial charge in [0.05, 0.1) is 11.0 Å². The minimum Gasteiger partial charge on any atom is -0.336 e.